The molecule has 7 heteroatoms. The monoisotopic (exact) mass is 247 g/mol. The Labute approximate surface area is 103 Å². The zero-order valence-electron chi connectivity index (χ0n) is 9.60. The van der Waals surface area contributed by atoms with Gasteiger partial charge in [0.25, 0.3) is 5.56 Å². The van der Waals surface area contributed by atoms with Gasteiger partial charge in [0, 0.05) is 37.7 Å². The number of rotatable bonds is 4. The van der Waals surface area contributed by atoms with Crippen LogP contribution < -0.4 is 11.3 Å². The molecule has 18 heavy (non-hydrogen) atoms. The maximum atomic E-state index is 11.5. The van der Waals surface area contributed by atoms with Crippen LogP contribution in [0, 0.1) is 0 Å². The number of aromatic nitrogens is 3. The van der Waals surface area contributed by atoms with E-state index in [2.05, 4.69) is 10.1 Å². The van der Waals surface area contributed by atoms with E-state index >= 15 is 0 Å². The first-order chi connectivity index (χ1) is 8.72. The average Bonchev–Trinajstić information content (AvgIpc) is 2.85. The molecular formula is C11H13N5O2. The van der Waals surface area contributed by atoms with Gasteiger partial charge in [0.1, 0.15) is 0 Å². The molecule has 2 aromatic rings. The fraction of sp³-hybridized carbons (Fsp3) is 0.182. The summed E-state index contributed by atoms with van der Waals surface area (Å²) < 4.78 is 3.30. The molecule has 2 aromatic heterocycles. The van der Waals surface area contributed by atoms with E-state index in [1.54, 1.807) is 39.9 Å². The molecule has 0 saturated carbocycles. The molecule has 0 unspecified atom stereocenters. The lowest BCUT2D eigenvalue weighted by Gasteiger charge is -2.08. The molecule has 0 aliphatic heterocycles. The van der Waals surface area contributed by atoms with Gasteiger partial charge in [-0.05, 0) is 6.07 Å². The Morgan fingerprint density at radius 2 is 2.11 bits per heavy atom. The lowest BCUT2D eigenvalue weighted by molar-refractivity contribution is 0.318. The van der Waals surface area contributed by atoms with E-state index in [0.29, 0.717) is 18.9 Å². The smallest absolute Gasteiger partial charge is 0.250 e. The summed E-state index contributed by atoms with van der Waals surface area (Å²) in [5.74, 6) is 0.321. The van der Waals surface area contributed by atoms with Crippen LogP contribution in [-0.2, 0) is 13.1 Å². The lowest BCUT2D eigenvalue weighted by Crippen LogP contribution is -2.24. The van der Waals surface area contributed by atoms with E-state index in [1.807, 2.05) is 0 Å². The number of pyridine rings is 1. The molecule has 0 fully saturated rings. The summed E-state index contributed by atoms with van der Waals surface area (Å²) in [6.07, 6.45) is 4.98. The van der Waals surface area contributed by atoms with E-state index in [1.165, 1.54) is 6.07 Å². The Hall–Kier alpha value is -2.57. The predicted molar refractivity (Wildman–Crippen MR) is 65.4 cm³/mol. The van der Waals surface area contributed by atoms with E-state index in [9.17, 15) is 4.79 Å². The van der Waals surface area contributed by atoms with Crippen molar-refractivity contribution < 1.29 is 5.21 Å². The van der Waals surface area contributed by atoms with Gasteiger partial charge in [0.2, 0.25) is 5.84 Å². The third-order valence-electron chi connectivity index (χ3n) is 2.53. The molecular weight excluding hydrogens is 234 g/mol. The highest BCUT2D eigenvalue weighted by Crippen LogP contribution is 1.98. The first-order valence-corrected chi connectivity index (χ1v) is 5.37. The van der Waals surface area contributed by atoms with Crippen LogP contribution in [-0.4, -0.2) is 25.2 Å². The summed E-state index contributed by atoms with van der Waals surface area (Å²) in [4.78, 5) is 15.5. The number of hydrogen-bond donors (Lipinski definition) is 2. The van der Waals surface area contributed by atoms with Gasteiger partial charge in [-0.15, -0.1) is 0 Å². The molecule has 0 radical (unpaired) electrons. The quantitative estimate of drug-likeness (QED) is 0.339. The van der Waals surface area contributed by atoms with Gasteiger partial charge >= 0.3 is 0 Å². The summed E-state index contributed by atoms with van der Waals surface area (Å²) in [6.45, 7) is 0.997. The minimum absolute atomic E-state index is 0.0552. The number of oxime groups is 1. The van der Waals surface area contributed by atoms with Crippen LogP contribution >= 0.6 is 0 Å². The Morgan fingerprint density at radius 1 is 1.33 bits per heavy atom. The maximum Gasteiger partial charge on any atom is 0.250 e. The maximum absolute atomic E-state index is 11.5. The van der Waals surface area contributed by atoms with E-state index < -0.39 is 0 Å². The van der Waals surface area contributed by atoms with Crippen molar-refractivity contribution in [1.82, 2.24) is 14.1 Å². The van der Waals surface area contributed by atoms with Gasteiger partial charge in [-0.25, -0.2) is 4.98 Å². The SMILES string of the molecule is N/C(=N/O)c1nccn1CCn1ccccc1=O. The van der Waals surface area contributed by atoms with Crippen LogP contribution in [0.1, 0.15) is 5.82 Å². The highest BCUT2D eigenvalue weighted by atomic mass is 16.4. The van der Waals surface area contributed by atoms with Crippen LogP contribution in [0.25, 0.3) is 0 Å². The number of aryl methyl sites for hydroxylation is 2. The van der Waals surface area contributed by atoms with Crippen LogP contribution in [0.2, 0.25) is 0 Å². The normalized spacial score (nSPS) is 11.7. The second-order valence-electron chi connectivity index (χ2n) is 3.66. The number of amidine groups is 1. The van der Waals surface area contributed by atoms with Crippen molar-refractivity contribution in [3.8, 4) is 0 Å². The number of nitrogens with two attached hydrogens (primary N) is 1. The zero-order valence-corrected chi connectivity index (χ0v) is 9.60. The third kappa shape index (κ3) is 2.40. The van der Waals surface area contributed by atoms with Gasteiger partial charge in [-0.2, -0.15) is 0 Å². The highest BCUT2D eigenvalue weighted by Gasteiger charge is 2.07. The predicted octanol–water partition coefficient (Wildman–Crippen LogP) is -0.161. The van der Waals surface area contributed by atoms with Crippen molar-refractivity contribution >= 4 is 5.84 Å². The summed E-state index contributed by atoms with van der Waals surface area (Å²) in [5, 5.41) is 11.5. The van der Waals surface area contributed by atoms with Crippen molar-refractivity contribution in [2.45, 2.75) is 13.1 Å². The fourth-order valence-electron chi connectivity index (χ4n) is 1.63. The number of imidazole rings is 1. The van der Waals surface area contributed by atoms with Crippen LogP contribution in [0.15, 0.2) is 46.7 Å². The molecule has 0 atom stereocenters. The second-order valence-corrected chi connectivity index (χ2v) is 3.66. The summed E-state index contributed by atoms with van der Waals surface area (Å²) in [6, 6.07) is 4.98. The summed E-state index contributed by atoms with van der Waals surface area (Å²) >= 11 is 0. The largest absolute Gasteiger partial charge is 0.409 e. The molecule has 94 valence electrons. The fourth-order valence-corrected chi connectivity index (χ4v) is 1.63. The summed E-state index contributed by atoms with van der Waals surface area (Å²) in [7, 11) is 0. The second kappa shape index (κ2) is 5.17. The van der Waals surface area contributed by atoms with Crippen molar-refractivity contribution in [1.29, 1.82) is 0 Å². The standard InChI is InChI=1S/C11H13N5O2/c12-10(14-18)11-13-4-6-16(11)8-7-15-5-2-1-3-9(15)17/h1-6,18H,7-8H2,(H2,12,14). The Morgan fingerprint density at radius 3 is 2.83 bits per heavy atom. The van der Waals surface area contributed by atoms with Gasteiger partial charge in [-0.1, -0.05) is 11.2 Å². The molecule has 0 aliphatic carbocycles. The Bertz CT molecular complexity index is 614. The van der Waals surface area contributed by atoms with Crippen molar-refractivity contribution in [3.05, 3.63) is 53.0 Å². The Balaban J connectivity index is 2.15. The Kier molecular flexibility index (Phi) is 3.42. The number of hydrogen-bond acceptors (Lipinski definition) is 4. The molecule has 7 nitrogen and oxygen atoms in total. The van der Waals surface area contributed by atoms with Gasteiger partial charge in [0.05, 0.1) is 0 Å². The third-order valence-corrected chi connectivity index (χ3v) is 2.53. The van der Waals surface area contributed by atoms with Crippen LogP contribution in [0.4, 0.5) is 0 Å². The van der Waals surface area contributed by atoms with Crippen molar-refractivity contribution in [2.75, 3.05) is 0 Å². The topological polar surface area (TPSA) is 98.4 Å². The minimum atomic E-state index is -0.0667. The first-order valence-electron chi connectivity index (χ1n) is 5.37. The van der Waals surface area contributed by atoms with Crippen molar-refractivity contribution in [2.24, 2.45) is 10.9 Å². The van der Waals surface area contributed by atoms with Gasteiger partial charge in [-0.3, -0.25) is 4.79 Å². The minimum Gasteiger partial charge on any atom is -0.409 e. The average molecular weight is 247 g/mol. The number of nitrogens with zero attached hydrogens (tertiary/aromatic N) is 4. The van der Waals surface area contributed by atoms with Gasteiger partial charge < -0.3 is 20.1 Å². The molecule has 0 aromatic carbocycles. The first kappa shape index (κ1) is 11.9. The van der Waals surface area contributed by atoms with E-state index in [-0.39, 0.29) is 11.4 Å². The van der Waals surface area contributed by atoms with E-state index in [4.69, 9.17) is 10.9 Å². The van der Waals surface area contributed by atoms with Crippen LogP contribution in [0.5, 0.6) is 0 Å². The zero-order chi connectivity index (χ0) is 13.0. The molecule has 2 heterocycles. The van der Waals surface area contributed by atoms with Crippen molar-refractivity contribution in [3.63, 3.8) is 0 Å². The molecule has 0 amide bonds. The molecule has 2 rings (SSSR count). The lowest BCUT2D eigenvalue weighted by atomic mass is 10.4. The van der Waals surface area contributed by atoms with Crippen LogP contribution in [0.3, 0.4) is 0 Å². The molecule has 0 bridgehead atoms. The highest BCUT2D eigenvalue weighted by molar-refractivity contribution is 5.93. The van der Waals surface area contributed by atoms with Gasteiger partial charge in [0.15, 0.2) is 5.82 Å². The molecule has 0 saturated heterocycles. The molecule has 3 N–H and O–H groups in total. The molecule has 0 aliphatic rings. The van der Waals surface area contributed by atoms with E-state index in [0.717, 1.165) is 0 Å². The summed E-state index contributed by atoms with van der Waals surface area (Å²) in [5.41, 5.74) is 5.42. The molecule has 0 spiro atoms.